The van der Waals surface area contributed by atoms with Crippen molar-refractivity contribution < 1.29 is 9.53 Å². The third kappa shape index (κ3) is 4.17. The molecule has 2 atom stereocenters. The zero-order chi connectivity index (χ0) is 17.4. The number of amides is 1. The van der Waals surface area contributed by atoms with Crippen molar-refractivity contribution in [1.82, 2.24) is 0 Å². The predicted octanol–water partition coefficient (Wildman–Crippen LogP) is 4.07. The second kappa shape index (κ2) is 6.99. The summed E-state index contributed by atoms with van der Waals surface area (Å²) in [6.45, 7) is 5.95. The maximum Gasteiger partial charge on any atom is 0.224 e. The minimum atomic E-state index is 0.186. The minimum Gasteiger partial charge on any atom is -0.372 e. The number of carbonyl (C=O) groups is 1. The molecule has 3 aliphatic rings. The lowest BCUT2D eigenvalue weighted by Crippen LogP contribution is -2.45. The molecule has 2 saturated carbocycles. The van der Waals surface area contributed by atoms with E-state index < -0.39 is 0 Å². The number of hydrogen-bond donors (Lipinski definition) is 1. The Bertz CT molecular complexity index is 602. The van der Waals surface area contributed by atoms with Crippen molar-refractivity contribution in [2.75, 3.05) is 23.3 Å². The Labute approximate surface area is 150 Å². The fourth-order valence-electron chi connectivity index (χ4n) is 4.41. The van der Waals surface area contributed by atoms with Crippen LogP contribution in [0.1, 0.15) is 46.0 Å². The first-order chi connectivity index (χ1) is 12.1. The monoisotopic (exact) mass is 342 g/mol. The van der Waals surface area contributed by atoms with Crippen LogP contribution in [-0.4, -0.2) is 31.2 Å². The molecule has 1 N–H and O–H groups in total. The highest BCUT2D eigenvalue weighted by molar-refractivity contribution is 5.94. The van der Waals surface area contributed by atoms with E-state index in [1.54, 1.807) is 0 Å². The van der Waals surface area contributed by atoms with E-state index in [0.717, 1.165) is 36.3 Å². The summed E-state index contributed by atoms with van der Waals surface area (Å²) < 4.78 is 5.85. The number of nitrogens with one attached hydrogen (secondary N) is 1. The Morgan fingerprint density at radius 1 is 1.12 bits per heavy atom. The summed E-state index contributed by atoms with van der Waals surface area (Å²) in [5.74, 6) is 2.44. The molecular formula is C21H30N2O2. The number of ether oxygens (including phenoxy) is 1. The third-order valence-electron chi connectivity index (χ3n) is 5.81. The Morgan fingerprint density at radius 2 is 1.72 bits per heavy atom. The van der Waals surface area contributed by atoms with Crippen molar-refractivity contribution in [3.63, 3.8) is 0 Å². The molecule has 0 spiro atoms. The molecule has 0 radical (unpaired) electrons. The molecular weight excluding hydrogens is 312 g/mol. The average molecular weight is 342 g/mol. The molecule has 1 saturated heterocycles. The number of nitrogens with zero attached hydrogens (tertiary/aromatic N) is 1. The van der Waals surface area contributed by atoms with Crippen LogP contribution >= 0.6 is 0 Å². The van der Waals surface area contributed by atoms with Gasteiger partial charge in [-0.1, -0.05) is 12.1 Å². The van der Waals surface area contributed by atoms with Crippen molar-refractivity contribution in [2.24, 2.45) is 17.8 Å². The van der Waals surface area contributed by atoms with Gasteiger partial charge in [-0.2, -0.15) is 0 Å². The summed E-state index contributed by atoms with van der Waals surface area (Å²) in [6.07, 6.45) is 6.43. The lowest BCUT2D eigenvalue weighted by Gasteiger charge is -2.37. The summed E-state index contributed by atoms with van der Waals surface area (Å²) in [6, 6.07) is 8.19. The number of morpholine rings is 1. The number of rotatable bonds is 6. The fraction of sp³-hybridized carbons (Fsp3) is 0.667. The van der Waals surface area contributed by atoms with E-state index in [2.05, 4.69) is 30.1 Å². The molecule has 0 bridgehead atoms. The number of para-hydroxylation sites is 2. The van der Waals surface area contributed by atoms with Crippen LogP contribution in [0.3, 0.4) is 0 Å². The normalized spacial score (nSPS) is 26.8. The molecule has 136 valence electrons. The number of hydrogen-bond acceptors (Lipinski definition) is 3. The van der Waals surface area contributed by atoms with E-state index in [1.165, 1.54) is 25.7 Å². The predicted molar refractivity (Wildman–Crippen MR) is 101 cm³/mol. The van der Waals surface area contributed by atoms with Crippen molar-refractivity contribution in [2.45, 2.75) is 58.2 Å². The molecule has 1 aromatic carbocycles. The van der Waals surface area contributed by atoms with E-state index >= 15 is 0 Å². The lowest BCUT2D eigenvalue weighted by atomic mass is 9.94. The topological polar surface area (TPSA) is 41.6 Å². The zero-order valence-corrected chi connectivity index (χ0v) is 15.4. The van der Waals surface area contributed by atoms with Gasteiger partial charge in [-0.05, 0) is 69.4 Å². The largest absolute Gasteiger partial charge is 0.372 e. The van der Waals surface area contributed by atoms with E-state index in [9.17, 15) is 4.79 Å². The van der Waals surface area contributed by atoms with Crippen molar-refractivity contribution in [1.29, 1.82) is 0 Å². The smallest absolute Gasteiger partial charge is 0.224 e. The van der Waals surface area contributed by atoms with Gasteiger partial charge in [0.1, 0.15) is 0 Å². The lowest BCUT2D eigenvalue weighted by molar-refractivity contribution is -0.117. The van der Waals surface area contributed by atoms with Gasteiger partial charge < -0.3 is 15.0 Å². The Morgan fingerprint density at radius 3 is 2.32 bits per heavy atom. The molecule has 1 amide bonds. The van der Waals surface area contributed by atoms with Crippen LogP contribution in [0.15, 0.2) is 24.3 Å². The second-order valence-electron chi connectivity index (χ2n) is 8.27. The quantitative estimate of drug-likeness (QED) is 0.847. The fourth-order valence-corrected chi connectivity index (χ4v) is 4.41. The third-order valence-corrected chi connectivity index (χ3v) is 5.81. The van der Waals surface area contributed by atoms with Crippen LogP contribution < -0.4 is 10.2 Å². The van der Waals surface area contributed by atoms with E-state index in [4.69, 9.17) is 4.74 Å². The van der Waals surface area contributed by atoms with Crippen LogP contribution in [0, 0.1) is 17.8 Å². The maximum absolute atomic E-state index is 12.7. The van der Waals surface area contributed by atoms with Crippen LogP contribution in [0.4, 0.5) is 11.4 Å². The molecule has 0 aromatic heterocycles. The van der Waals surface area contributed by atoms with Gasteiger partial charge in [0.05, 0.1) is 23.6 Å². The van der Waals surface area contributed by atoms with Gasteiger partial charge in [0.2, 0.25) is 5.91 Å². The number of carbonyl (C=O) groups excluding carboxylic acids is 1. The van der Waals surface area contributed by atoms with Crippen LogP contribution in [0.5, 0.6) is 0 Å². The van der Waals surface area contributed by atoms with E-state index in [0.29, 0.717) is 12.3 Å². The molecule has 4 heteroatoms. The summed E-state index contributed by atoms with van der Waals surface area (Å²) in [4.78, 5) is 15.0. The SMILES string of the molecule is CC1CN(c2ccccc2NC(=O)CC(C2CC2)C2CC2)CC(C)O1. The van der Waals surface area contributed by atoms with Crippen LogP contribution in [-0.2, 0) is 9.53 Å². The summed E-state index contributed by atoms with van der Waals surface area (Å²) >= 11 is 0. The van der Waals surface area contributed by atoms with Crippen molar-refractivity contribution >= 4 is 17.3 Å². The van der Waals surface area contributed by atoms with Gasteiger partial charge in [-0.15, -0.1) is 0 Å². The van der Waals surface area contributed by atoms with Gasteiger partial charge in [0, 0.05) is 19.5 Å². The molecule has 25 heavy (non-hydrogen) atoms. The molecule has 1 aliphatic heterocycles. The van der Waals surface area contributed by atoms with Gasteiger partial charge in [0.25, 0.3) is 0 Å². The Hall–Kier alpha value is -1.55. The van der Waals surface area contributed by atoms with Gasteiger partial charge >= 0.3 is 0 Å². The highest BCUT2D eigenvalue weighted by Crippen LogP contribution is 2.50. The molecule has 1 aromatic rings. The van der Waals surface area contributed by atoms with Crippen LogP contribution in [0.2, 0.25) is 0 Å². The minimum absolute atomic E-state index is 0.186. The molecule has 2 unspecified atom stereocenters. The van der Waals surface area contributed by atoms with Gasteiger partial charge in [-0.3, -0.25) is 4.79 Å². The number of benzene rings is 1. The first-order valence-corrected chi connectivity index (χ1v) is 9.89. The molecule has 3 fully saturated rings. The highest BCUT2D eigenvalue weighted by atomic mass is 16.5. The van der Waals surface area contributed by atoms with Crippen molar-refractivity contribution in [3.05, 3.63) is 24.3 Å². The molecule has 1 heterocycles. The summed E-state index contributed by atoms with van der Waals surface area (Å²) in [5, 5.41) is 3.21. The van der Waals surface area contributed by atoms with Gasteiger partial charge in [0.15, 0.2) is 0 Å². The first kappa shape index (κ1) is 16.9. The zero-order valence-electron chi connectivity index (χ0n) is 15.4. The van der Waals surface area contributed by atoms with Crippen LogP contribution in [0.25, 0.3) is 0 Å². The van der Waals surface area contributed by atoms with Crippen molar-refractivity contribution in [3.8, 4) is 0 Å². The summed E-state index contributed by atoms with van der Waals surface area (Å²) in [7, 11) is 0. The average Bonchev–Trinajstić information content (AvgIpc) is 3.46. The molecule has 2 aliphatic carbocycles. The maximum atomic E-state index is 12.7. The highest BCUT2D eigenvalue weighted by Gasteiger charge is 2.42. The van der Waals surface area contributed by atoms with Gasteiger partial charge in [-0.25, -0.2) is 0 Å². The Kier molecular flexibility index (Phi) is 4.72. The molecule has 4 rings (SSSR count). The number of anilines is 2. The molecule has 4 nitrogen and oxygen atoms in total. The van der Waals surface area contributed by atoms with E-state index in [1.807, 2.05) is 18.2 Å². The Balaban J connectivity index is 1.44. The first-order valence-electron chi connectivity index (χ1n) is 9.89. The van der Waals surface area contributed by atoms with E-state index in [-0.39, 0.29) is 18.1 Å². The standard InChI is InChI=1S/C21H30N2O2/c1-14-12-23(13-15(2)25-14)20-6-4-3-5-19(20)22-21(24)11-18(16-7-8-16)17-9-10-17/h3-6,14-18H,7-13H2,1-2H3,(H,22,24). The summed E-state index contributed by atoms with van der Waals surface area (Å²) in [5.41, 5.74) is 2.06. The second-order valence-corrected chi connectivity index (χ2v) is 8.27.